The molecule has 1 unspecified atom stereocenters. The van der Waals surface area contributed by atoms with Crippen LogP contribution in [0.25, 0.3) is 0 Å². The van der Waals surface area contributed by atoms with Gasteiger partial charge in [0, 0.05) is 6.04 Å². The number of aliphatic carboxylic acids is 1. The Morgan fingerprint density at radius 3 is 2.38 bits per heavy atom. The van der Waals surface area contributed by atoms with E-state index in [0.717, 1.165) is 5.56 Å². The van der Waals surface area contributed by atoms with Crippen molar-refractivity contribution in [1.82, 2.24) is 0 Å². The van der Waals surface area contributed by atoms with Crippen molar-refractivity contribution < 1.29 is 15.0 Å². The lowest BCUT2D eigenvalue weighted by molar-refractivity contribution is -0.307. The van der Waals surface area contributed by atoms with Gasteiger partial charge in [0.05, 0.1) is 5.97 Å². The Hall–Kier alpha value is -1.55. The number of carbonyl (C=O) groups is 1. The first-order valence-electron chi connectivity index (χ1n) is 3.82. The number of rotatable bonds is 3. The number of nitrogens with two attached hydrogens (primary N) is 1. The molecule has 0 aliphatic rings. The molecule has 4 nitrogen and oxygen atoms in total. The van der Waals surface area contributed by atoms with Crippen LogP contribution in [0, 0.1) is 0 Å². The van der Waals surface area contributed by atoms with Crippen molar-refractivity contribution in [3.8, 4) is 5.75 Å². The van der Waals surface area contributed by atoms with E-state index in [9.17, 15) is 15.0 Å². The normalized spacial score (nSPS) is 12.4. The Bertz CT molecular complexity index is 294. The summed E-state index contributed by atoms with van der Waals surface area (Å²) in [5.41, 5.74) is 5.97. The van der Waals surface area contributed by atoms with Gasteiger partial charge in [0.1, 0.15) is 0 Å². The maximum Gasteiger partial charge on any atom is 0.0585 e. The molecule has 0 aliphatic heterocycles. The highest BCUT2D eigenvalue weighted by Crippen LogP contribution is 2.07. The maximum atomic E-state index is 10.7. The topological polar surface area (TPSA) is 89.2 Å². The average Bonchev–Trinajstić information content (AvgIpc) is 2.08. The first-order chi connectivity index (χ1) is 6.09. The number of hydrogen-bond acceptors (Lipinski definition) is 4. The van der Waals surface area contributed by atoms with Gasteiger partial charge < -0.3 is 20.7 Å². The lowest BCUT2D eigenvalue weighted by Gasteiger charge is -2.13. The fourth-order valence-corrected chi connectivity index (χ4v) is 0.963. The van der Waals surface area contributed by atoms with Crippen molar-refractivity contribution in [3.63, 3.8) is 0 Å². The predicted molar refractivity (Wildman–Crippen MR) is 42.6 cm³/mol. The van der Waals surface area contributed by atoms with Crippen LogP contribution in [-0.2, 0) is 11.2 Å². The Morgan fingerprint density at radius 2 is 1.92 bits per heavy atom. The molecule has 0 aromatic heterocycles. The second-order valence-electron chi connectivity index (χ2n) is 2.77. The van der Waals surface area contributed by atoms with Gasteiger partial charge in [-0.2, -0.15) is 0 Å². The molecule has 0 fully saturated rings. The predicted octanol–water partition coefficient (Wildman–Crippen LogP) is -1.62. The Labute approximate surface area is 75.6 Å². The summed E-state index contributed by atoms with van der Waals surface area (Å²) in [6.07, 6.45) is 0.183. The van der Waals surface area contributed by atoms with Crippen LogP contribution in [0.2, 0.25) is 0 Å². The van der Waals surface area contributed by atoms with E-state index >= 15 is 0 Å². The van der Waals surface area contributed by atoms with Crippen molar-refractivity contribution in [2.45, 2.75) is 12.5 Å². The molecule has 70 valence electrons. The highest BCUT2D eigenvalue weighted by atomic mass is 16.4. The third-order valence-electron chi connectivity index (χ3n) is 1.68. The largest absolute Gasteiger partial charge is 0.872 e. The van der Waals surface area contributed by atoms with E-state index < -0.39 is 12.0 Å². The molecule has 0 spiro atoms. The molecule has 0 aliphatic carbocycles. The molecule has 0 saturated carbocycles. The zero-order valence-corrected chi connectivity index (χ0v) is 6.90. The van der Waals surface area contributed by atoms with E-state index in [4.69, 9.17) is 5.73 Å². The van der Waals surface area contributed by atoms with E-state index in [1.165, 1.54) is 12.1 Å². The second kappa shape index (κ2) is 3.91. The smallest absolute Gasteiger partial charge is 0.0585 e. The summed E-state index contributed by atoms with van der Waals surface area (Å²) in [4.78, 5) is 10.3. The summed E-state index contributed by atoms with van der Waals surface area (Å²) in [5.74, 6) is -1.39. The summed E-state index contributed by atoms with van der Waals surface area (Å²) in [7, 11) is 0. The highest BCUT2D eigenvalue weighted by Gasteiger charge is 2.03. The minimum atomic E-state index is -1.29. The number of carboxylic acid groups (broad SMARTS) is 1. The SMILES string of the molecule is NC(Cc1ccc([O-])cc1)C(=O)[O-]. The number of benzene rings is 1. The third kappa shape index (κ3) is 2.76. The molecule has 1 atom stereocenters. The molecule has 1 aromatic rings. The molecular formula is C9H9NO3-2. The fourth-order valence-electron chi connectivity index (χ4n) is 0.963. The van der Waals surface area contributed by atoms with Gasteiger partial charge in [-0.25, -0.2) is 0 Å². The number of carbonyl (C=O) groups excluding carboxylic acids is 1. The van der Waals surface area contributed by atoms with Crippen molar-refractivity contribution in [2.75, 3.05) is 0 Å². The first-order valence-corrected chi connectivity index (χ1v) is 3.82. The molecule has 1 rings (SSSR count). The summed E-state index contributed by atoms with van der Waals surface area (Å²) >= 11 is 0. The zero-order chi connectivity index (χ0) is 9.84. The van der Waals surface area contributed by atoms with Gasteiger partial charge in [0.15, 0.2) is 0 Å². The minimum absolute atomic E-state index is 0.106. The van der Waals surface area contributed by atoms with Gasteiger partial charge in [-0.15, -0.1) is 5.75 Å². The van der Waals surface area contributed by atoms with E-state index in [1.807, 2.05) is 0 Å². The van der Waals surface area contributed by atoms with Crippen LogP contribution < -0.4 is 15.9 Å². The van der Waals surface area contributed by atoms with Gasteiger partial charge in [-0.1, -0.05) is 24.3 Å². The summed E-state index contributed by atoms with van der Waals surface area (Å²) in [5, 5.41) is 21.0. The van der Waals surface area contributed by atoms with Gasteiger partial charge in [0.25, 0.3) is 0 Å². The van der Waals surface area contributed by atoms with Crippen LogP contribution in [0.3, 0.4) is 0 Å². The third-order valence-corrected chi connectivity index (χ3v) is 1.68. The van der Waals surface area contributed by atoms with Crippen molar-refractivity contribution >= 4 is 5.97 Å². The minimum Gasteiger partial charge on any atom is -0.872 e. The molecule has 0 heterocycles. The van der Waals surface area contributed by atoms with E-state index in [2.05, 4.69) is 0 Å². The van der Waals surface area contributed by atoms with E-state index in [0.29, 0.717) is 0 Å². The molecule has 0 saturated heterocycles. The number of carboxylic acids is 1. The second-order valence-corrected chi connectivity index (χ2v) is 2.77. The first kappa shape index (κ1) is 9.54. The van der Waals surface area contributed by atoms with Gasteiger partial charge in [-0.05, 0) is 12.0 Å². The summed E-state index contributed by atoms with van der Waals surface area (Å²) in [6.45, 7) is 0. The monoisotopic (exact) mass is 179 g/mol. The Balaban J connectivity index is 2.64. The summed E-state index contributed by atoms with van der Waals surface area (Å²) in [6, 6.07) is 4.85. The molecule has 4 heteroatoms. The molecule has 1 aromatic carbocycles. The maximum absolute atomic E-state index is 10.7. The quantitative estimate of drug-likeness (QED) is 0.603. The van der Waals surface area contributed by atoms with Crippen molar-refractivity contribution in [3.05, 3.63) is 29.8 Å². The Kier molecular flexibility index (Phi) is 2.87. The lowest BCUT2D eigenvalue weighted by Crippen LogP contribution is -2.43. The van der Waals surface area contributed by atoms with Gasteiger partial charge in [-0.3, -0.25) is 0 Å². The van der Waals surface area contributed by atoms with Crippen LogP contribution in [0.4, 0.5) is 0 Å². The molecule has 13 heavy (non-hydrogen) atoms. The van der Waals surface area contributed by atoms with Crippen LogP contribution in [-0.4, -0.2) is 12.0 Å². The standard InChI is InChI=1S/C9H11NO3/c10-8(9(12)13)5-6-1-3-7(11)4-2-6/h1-4,8,11H,5,10H2,(H,12,13)/p-2. The summed E-state index contributed by atoms with van der Waals surface area (Å²) < 4.78 is 0. The van der Waals surface area contributed by atoms with Gasteiger partial charge >= 0.3 is 0 Å². The molecule has 0 radical (unpaired) electrons. The van der Waals surface area contributed by atoms with Crippen LogP contribution in [0.1, 0.15) is 5.56 Å². The molecule has 0 bridgehead atoms. The van der Waals surface area contributed by atoms with Gasteiger partial charge in [0.2, 0.25) is 0 Å². The molecular weight excluding hydrogens is 170 g/mol. The zero-order valence-electron chi connectivity index (χ0n) is 6.90. The number of hydrogen-bond donors (Lipinski definition) is 1. The Morgan fingerprint density at radius 1 is 1.38 bits per heavy atom. The van der Waals surface area contributed by atoms with Crippen LogP contribution in [0.5, 0.6) is 5.75 Å². The average molecular weight is 179 g/mol. The molecule has 0 amide bonds. The van der Waals surface area contributed by atoms with Crippen LogP contribution >= 0.6 is 0 Å². The lowest BCUT2D eigenvalue weighted by atomic mass is 10.1. The van der Waals surface area contributed by atoms with Crippen molar-refractivity contribution in [2.24, 2.45) is 5.73 Å². The highest BCUT2D eigenvalue weighted by molar-refractivity contribution is 5.71. The van der Waals surface area contributed by atoms with Crippen molar-refractivity contribution in [1.29, 1.82) is 0 Å². The fraction of sp³-hybridized carbons (Fsp3) is 0.222. The van der Waals surface area contributed by atoms with Crippen LogP contribution in [0.15, 0.2) is 24.3 Å². The molecule has 2 N–H and O–H groups in total. The van der Waals surface area contributed by atoms with E-state index in [1.54, 1.807) is 12.1 Å². The van der Waals surface area contributed by atoms with E-state index in [-0.39, 0.29) is 12.2 Å².